The summed E-state index contributed by atoms with van der Waals surface area (Å²) >= 11 is 0. The molecule has 1 aromatic heterocycles. The van der Waals surface area contributed by atoms with E-state index in [0.29, 0.717) is 11.4 Å². The number of aromatic nitrogens is 1. The van der Waals surface area contributed by atoms with E-state index in [9.17, 15) is 4.39 Å². The molecule has 0 aliphatic rings. The van der Waals surface area contributed by atoms with E-state index in [-0.39, 0.29) is 6.54 Å². The number of ether oxygens (including phenoxy) is 1. The molecule has 2 rings (SSSR count). The summed E-state index contributed by atoms with van der Waals surface area (Å²) in [6.07, 6.45) is 1.18. The van der Waals surface area contributed by atoms with Gasteiger partial charge in [-0.15, -0.1) is 0 Å². The average molecular weight is 261 g/mol. The van der Waals surface area contributed by atoms with Crippen molar-refractivity contribution < 1.29 is 9.13 Å². The van der Waals surface area contributed by atoms with Gasteiger partial charge in [0.1, 0.15) is 17.4 Å². The highest BCUT2D eigenvalue weighted by molar-refractivity contribution is 5.68. The predicted octanol–water partition coefficient (Wildman–Crippen LogP) is 2.46. The van der Waals surface area contributed by atoms with Crippen LogP contribution in [0.25, 0.3) is 0 Å². The molecule has 0 unspecified atom stereocenters. The van der Waals surface area contributed by atoms with E-state index in [0.717, 1.165) is 11.4 Å². The molecule has 0 saturated carbocycles. The van der Waals surface area contributed by atoms with Gasteiger partial charge in [0.15, 0.2) is 0 Å². The first kappa shape index (κ1) is 13.3. The van der Waals surface area contributed by atoms with Crippen molar-refractivity contribution >= 4 is 11.5 Å². The van der Waals surface area contributed by atoms with Crippen molar-refractivity contribution in [2.24, 2.45) is 5.73 Å². The van der Waals surface area contributed by atoms with Crippen LogP contribution in [0.2, 0.25) is 0 Å². The lowest BCUT2D eigenvalue weighted by Crippen LogP contribution is -2.16. The largest absolute Gasteiger partial charge is 0.495 e. The Morgan fingerprint density at radius 1 is 1.37 bits per heavy atom. The molecule has 2 N–H and O–H groups in total. The highest BCUT2D eigenvalue weighted by Gasteiger charge is 2.14. The second-order valence-corrected chi connectivity index (χ2v) is 4.07. The average Bonchev–Trinajstić information content (AvgIpc) is 2.46. The van der Waals surface area contributed by atoms with E-state index in [1.807, 2.05) is 36.2 Å². The van der Waals surface area contributed by atoms with E-state index in [4.69, 9.17) is 10.5 Å². The molecule has 4 nitrogen and oxygen atoms in total. The Labute approximate surface area is 111 Å². The Bertz CT molecular complexity index is 574. The number of hydrogen-bond acceptors (Lipinski definition) is 4. The zero-order valence-electron chi connectivity index (χ0n) is 10.9. The fourth-order valence-electron chi connectivity index (χ4n) is 1.95. The lowest BCUT2D eigenvalue weighted by molar-refractivity contribution is 0.415. The highest BCUT2D eigenvalue weighted by atomic mass is 19.1. The van der Waals surface area contributed by atoms with Crippen molar-refractivity contribution in [2.75, 3.05) is 19.1 Å². The molecule has 0 atom stereocenters. The lowest BCUT2D eigenvalue weighted by Gasteiger charge is -2.22. The summed E-state index contributed by atoms with van der Waals surface area (Å²) in [5, 5.41) is 0. The summed E-state index contributed by atoms with van der Waals surface area (Å²) in [6, 6.07) is 8.95. The summed E-state index contributed by atoms with van der Waals surface area (Å²) in [7, 11) is 3.45. The molecule has 19 heavy (non-hydrogen) atoms. The van der Waals surface area contributed by atoms with Crippen molar-refractivity contribution in [3.8, 4) is 5.75 Å². The molecular formula is C14H16FN3O. The number of nitrogens with two attached hydrogens (primary N) is 1. The third-order valence-corrected chi connectivity index (χ3v) is 2.89. The van der Waals surface area contributed by atoms with Gasteiger partial charge in [-0.25, -0.2) is 9.37 Å². The van der Waals surface area contributed by atoms with E-state index < -0.39 is 5.82 Å². The quantitative estimate of drug-likeness (QED) is 0.918. The predicted molar refractivity (Wildman–Crippen MR) is 73.1 cm³/mol. The van der Waals surface area contributed by atoms with Gasteiger partial charge in [-0.2, -0.15) is 0 Å². The molecule has 5 heteroatoms. The lowest BCUT2D eigenvalue weighted by atomic mass is 10.2. The van der Waals surface area contributed by atoms with Crippen LogP contribution in [0, 0.1) is 5.82 Å². The molecule has 0 radical (unpaired) electrons. The van der Waals surface area contributed by atoms with E-state index in [1.165, 1.54) is 12.3 Å². The van der Waals surface area contributed by atoms with Gasteiger partial charge < -0.3 is 15.4 Å². The van der Waals surface area contributed by atoms with E-state index >= 15 is 0 Å². The second kappa shape index (κ2) is 5.67. The van der Waals surface area contributed by atoms with Crippen LogP contribution in [0.1, 0.15) is 5.56 Å². The van der Waals surface area contributed by atoms with Crippen molar-refractivity contribution in [1.82, 2.24) is 4.98 Å². The molecule has 0 fully saturated rings. The minimum absolute atomic E-state index is 0.222. The Balaban J connectivity index is 2.46. The SMILES string of the molecule is COc1ccccc1N(C)c1ncc(F)cc1CN. The maximum atomic E-state index is 13.2. The Morgan fingerprint density at radius 2 is 2.11 bits per heavy atom. The van der Waals surface area contributed by atoms with Gasteiger partial charge in [0, 0.05) is 19.2 Å². The van der Waals surface area contributed by atoms with Crippen LogP contribution in [0.4, 0.5) is 15.9 Å². The number of para-hydroxylation sites is 2. The number of rotatable bonds is 4. The summed E-state index contributed by atoms with van der Waals surface area (Å²) in [5.41, 5.74) is 7.13. The van der Waals surface area contributed by atoms with Crippen molar-refractivity contribution in [3.05, 3.63) is 47.9 Å². The summed E-state index contributed by atoms with van der Waals surface area (Å²) < 4.78 is 18.5. The van der Waals surface area contributed by atoms with E-state index in [1.54, 1.807) is 7.11 Å². The molecule has 100 valence electrons. The molecule has 2 aromatic rings. The van der Waals surface area contributed by atoms with Crippen LogP contribution in [0.15, 0.2) is 36.5 Å². The van der Waals surface area contributed by atoms with Crippen LogP contribution in [0.3, 0.4) is 0 Å². The summed E-state index contributed by atoms with van der Waals surface area (Å²) in [6.45, 7) is 0.222. The number of halogens is 1. The van der Waals surface area contributed by atoms with Crippen LogP contribution in [-0.2, 0) is 6.54 Å². The molecule has 0 bridgehead atoms. The number of anilines is 2. The monoisotopic (exact) mass is 261 g/mol. The number of hydrogen-bond donors (Lipinski definition) is 1. The topological polar surface area (TPSA) is 51.4 Å². The van der Waals surface area contributed by atoms with Gasteiger partial charge in [0.2, 0.25) is 0 Å². The van der Waals surface area contributed by atoms with Crippen LogP contribution in [0.5, 0.6) is 5.75 Å². The van der Waals surface area contributed by atoms with Crippen LogP contribution < -0.4 is 15.4 Å². The normalized spacial score (nSPS) is 10.3. The summed E-state index contributed by atoms with van der Waals surface area (Å²) in [5.74, 6) is 0.949. The molecule has 0 amide bonds. The molecule has 0 spiro atoms. The second-order valence-electron chi connectivity index (χ2n) is 4.07. The molecular weight excluding hydrogens is 245 g/mol. The molecule has 1 aromatic carbocycles. The maximum Gasteiger partial charge on any atom is 0.142 e. The number of methoxy groups -OCH3 is 1. The zero-order chi connectivity index (χ0) is 13.8. The van der Waals surface area contributed by atoms with Gasteiger partial charge in [-0.1, -0.05) is 12.1 Å². The van der Waals surface area contributed by atoms with Gasteiger partial charge in [-0.05, 0) is 18.2 Å². The third kappa shape index (κ3) is 2.66. The molecule has 1 heterocycles. The van der Waals surface area contributed by atoms with Crippen molar-refractivity contribution in [1.29, 1.82) is 0 Å². The minimum atomic E-state index is -0.391. The van der Waals surface area contributed by atoms with Crippen molar-refractivity contribution in [3.63, 3.8) is 0 Å². The van der Waals surface area contributed by atoms with Gasteiger partial charge in [0.25, 0.3) is 0 Å². The Kier molecular flexibility index (Phi) is 3.97. The van der Waals surface area contributed by atoms with E-state index in [2.05, 4.69) is 4.98 Å². The first-order valence-electron chi connectivity index (χ1n) is 5.88. The third-order valence-electron chi connectivity index (χ3n) is 2.89. The molecule has 0 aliphatic heterocycles. The van der Waals surface area contributed by atoms with Crippen molar-refractivity contribution in [2.45, 2.75) is 6.54 Å². The number of pyridine rings is 1. The first-order valence-corrected chi connectivity index (χ1v) is 5.88. The van der Waals surface area contributed by atoms with Gasteiger partial charge in [0.05, 0.1) is 19.0 Å². The molecule has 0 aliphatic carbocycles. The van der Waals surface area contributed by atoms with Crippen LogP contribution in [-0.4, -0.2) is 19.1 Å². The fraction of sp³-hybridized carbons (Fsp3) is 0.214. The number of benzene rings is 1. The summed E-state index contributed by atoms with van der Waals surface area (Å²) in [4.78, 5) is 5.95. The Morgan fingerprint density at radius 3 is 2.79 bits per heavy atom. The van der Waals surface area contributed by atoms with Gasteiger partial charge in [-0.3, -0.25) is 0 Å². The van der Waals surface area contributed by atoms with Gasteiger partial charge >= 0.3 is 0 Å². The smallest absolute Gasteiger partial charge is 0.142 e. The zero-order valence-corrected chi connectivity index (χ0v) is 10.9. The Hall–Kier alpha value is -2.14. The van der Waals surface area contributed by atoms with Crippen LogP contribution >= 0.6 is 0 Å². The maximum absolute atomic E-state index is 13.2. The standard InChI is InChI=1S/C14H16FN3O/c1-18(12-5-3-4-6-13(12)19-2)14-10(8-16)7-11(15)9-17-14/h3-7,9H,8,16H2,1-2H3. The number of nitrogens with zero attached hydrogens (tertiary/aromatic N) is 2. The first-order chi connectivity index (χ1) is 9.17. The molecule has 0 saturated heterocycles. The highest BCUT2D eigenvalue weighted by Crippen LogP contribution is 2.32. The fourth-order valence-corrected chi connectivity index (χ4v) is 1.95. The minimum Gasteiger partial charge on any atom is -0.495 e.